The maximum absolute atomic E-state index is 9.36. The van der Waals surface area contributed by atoms with Crippen LogP contribution in [0.2, 0.25) is 0 Å². The quantitative estimate of drug-likeness (QED) is 0.634. The lowest BCUT2D eigenvalue weighted by Gasteiger charge is -1.92. The van der Waals surface area contributed by atoms with Gasteiger partial charge in [-0.1, -0.05) is 48.5 Å². The molecule has 0 fully saturated rings. The Morgan fingerprint density at radius 2 is 1.27 bits per heavy atom. The largest absolute Gasteiger partial charge is 0.457 e. The molecule has 0 aromatic heterocycles. The van der Waals surface area contributed by atoms with E-state index in [1.807, 2.05) is 0 Å². The number of fused-ring (bicyclic) bond motifs is 1. The van der Waals surface area contributed by atoms with Crippen molar-refractivity contribution in [2.24, 2.45) is 0 Å². The zero-order chi connectivity index (χ0) is 11.1. The van der Waals surface area contributed by atoms with E-state index in [9.17, 15) is 4.79 Å². The van der Waals surface area contributed by atoms with Crippen molar-refractivity contribution in [1.82, 2.24) is 0 Å². The number of hydrogen-bond acceptors (Lipinski definition) is 2. The summed E-state index contributed by atoms with van der Waals surface area (Å²) in [6, 6.07) is 16.7. The van der Waals surface area contributed by atoms with Crippen LogP contribution in [0.25, 0.3) is 10.8 Å². The van der Waals surface area contributed by atoms with Crippen LogP contribution in [-0.4, -0.2) is 12.5 Å². The molecule has 2 aromatic rings. The highest BCUT2D eigenvalue weighted by molar-refractivity contribution is 6.61. The fourth-order valence-corrected chi connectivity index (χ4v) is 1.13. The van der Waals surface area contributed by atoms with Gasteiger partial charge in [0, 0.05) is 11.6 Å². The van der Waals surface area contributed by atoms with Gasteiger partial charge in [-0.2, -0.15) is 0 Å². The Kier molecular flexibility index (Phi) is 4.64. The van der Waals surface area contributed by atoms with Gasteiger partial charge in [-0.05, 0) is 10.8 Å². The van der Waals surface area contributed by atoms with E-state index < -0.39 is 5.43 Å². The Morgan fingerprint density at radius 3 is 1.47 bits per heavy atom. The SMILES string of the molecule is COC(=O)Cl.c1ccc2ccccc2c1. The molecule has 78 valence electrons. The average Bonchev–Trinajstić information content (AvgIpc) is 2.30. The van der Waals surface area contributed by atoms with Crippen LogP contribution in [0, 0.1) is 0 Å². The second-order valence-corrected chi connectivity index (χ2v) is 3.10. The molecule has 0 bridgehead atoms. The summed E-state index contributed by atoms with van der Waals surface area (Å²) in [6.45, 7) is 0. The van der Waals surface area contributed by atoms with Crippen molar-refractivity contribution in [3.63, 3.8) is 0 Å². The molecule has 2 aromatic carbocycles. The Bertz CT molecular complexity index is 375. The van der Waals surface area contributed by atoms with E-state index in [0.29, 0.717) is 0 Å². The number of ether oxygens (including phenoxy) is 1. The molecule has 0 aliphatic heterocycles. The number of carbonyl (C=O) groups excluding carboxylic acids is 1. The molecule has 0 aliphatic carbocycles. The third-order valence-electron chi connectivity index (χ3n) is 1.82. The van der Waals surface area contributed by atoms with Crippen LogP contribution in [0.15, 0.2) is 48.5 Å². The van der Waals surface area contributed by atoms with Crippen LogP contribution in [0.3, 0.4) is 0 Å². The van der Waals surface area contributed by atoms with Crippen LogP contribution in [-0.2, 0) is 4.74 Å². The molecule has 0 saturated carbocycles. The molecule has 0 aliphatic rings. The Morgan fingerprint density at radius 1 is 1.00 bits per heavy atom. The molecule has 0 spiro atoms. The summed E-state index contributed by atoms with van der Waals surface area (Å²) < 4.78 is 3.88. The van der Waals surface area contributed by atoms with E-state index in [2.05, 4.69) is 64.9 Å². The van der Waals surface area contributed by atoms with Crippen molar-refractivity contribution in [2.75, 3.05) is 7.11 Å². The molecule has 0 saturated heterocycles. The van der Waals surface area contributed by atoms with Crippen molar-refractivity contribution in [1.29, 1.82) is 0 Å². The molecule has 0 heterocycles. The topological polar surface area (TPSA) is 26.3 Å². The number of rotatable bonds is 0. The standard InChI is InChI=1S/C10H8.C2H3ClO2/c1-2-6-10-8-4-3-7-9(10)5-1;1-5-2(3)4/h1-8H;1H3. The zero-order valence-corrected chi connectivity index (χ0v) is 9.07. The van der Waals surface area contributed by atoms with Gasteiger partial charge >= 0.3 is 5.43 Å². The fraction of sp³-hybridized carbons (Fsp3) is 0.0833. The van der Waals surface area contributed by atoms with Crippen molar-refractivity contribution in [2.45, 2.75) is 0 Å². The highest BCUT2D eigenvalue weighted by atomic mass is 35.5. The van der Waals surface area contributed by atoms with Gasteiger partial charge in [0.25, 0.3) is 0 Å². The van der Waals surface area contributed by atoms with E-state index in [1.54, 1.807) is 0 Å². The maximum Gasteiger partial charge on any atom is 0.403 e. The molecular weight excluding hydrogens is 212 g/mol. The van der Waals surface area contributed by atoms with Crippen molar-refractivity contribution in [3.8, 4) is 0 Å². The summed E-state index contributed by atoms with van der Waals surface area (Å²) in [5, 5.41) is 2.62. The number of benzene rings is 2. The first kappa shape index (κ1) is 11.5. The van der Waals surface area contributed by atoms with Gasteiger partial charge in [-0.15, -0.1) is 0 Å². The van der Waals surface area contributed by atoms with Gasteiger partial charge in [-0.3, -0.25) is 0 Å². The number of halogens is 1. The second-order valence-electron chi connectivity index (χ2n) is 2.79. The first-order chi connectivity index (χ1) is 7.24. The third kappa shape index (κ3) is 4.00. The summed E-state index contributed by atoms with van der Waals surface area (Å²) in [5.41, 5.74) is -0.773. The Labute approximate surface area is 93.4 Å². The summed E-state index contributed by atoms with van der Waals surface area (Å²) in [7, 11) is 1.22. The minimum Gasteiger partial charge on any atom is -0.457 e. The number of carbonyl (C=O) groups is 1. The molecule has 3 heteroatoms. The van der Waals surface area contributed by atoms with E-state index in [0.717, 1.165) is 0 Å². The van der Waals surface area contributed by atoms with Gasteiger partial charge < -0.3 is 4.74 Å². The van der Waals surface area contributed by atoms with E-state index in [4.69, 9.17) is 0 Å². The van der Waals surface area contributed by atoms with Gasteiger partial charge in [0.15, 0.2) is 0 Å². The third-order valence-corrected chi connectivity index (χ3v) is 1.97. The predicted octanol–water partition coefficient (Wildman–Crippen LogP) is 3.83. The first-order valence-corrected chi connectivity index (χ1v) is 4.79. The van der Waals surface area contributed by atoms with Gasteiger partial charge in [0.1, 0.15) is 0 Å². The van der Waals surface area contributed by atoms with Crippen molar-refractivity contribution in [3.05, 3.63) is 48.5 Å². The van der Waals surface area contributed by atoms with Crippen molar-refractivity contribution < 1.29 is 9.53 Å². The van der Waals surface area contributed by atoms with Crippen LogP contribution in [0.4, 0.5) is 4.79 Å². The summed E-state index contributed by atoms with van der Waals surface area (Å²) >= 11 is 4.60. The lowest BCUT2D eigenvalue weighted by molar-refractivity contribution is 0.198. The Balaban J connectivity index is 0.000000195. The lowest BCUT2D eigenvalue weighted by Crippen LogP contribution is -1.80. The summed E-state index contributed by atoms with van der Waals surface area (Å²) in [6.07, 6.45) is 0. The van der Waals surface area contributed by atoms with E-state index >= 15 is 0 Å². The minimum absolute atomic E-state index is 0.773. The molecule has 0 unspecified atom stereocenters. The minimum atomic E-state index is -0.773. The fourth-order valence-electron chi connectivity index (χ4n) is 1.13. The van der Waals surface area contributed by atoms with Crippen molar-refractivity contribution >= 4 is 27.8 Å². The van der Waals surface area contributed by atoms with Gasteiger partial charge in [0.05, 0.1) is 7.11 Å². The molecule has 2 rings (SSSR count). The molecule has 0 atom stereocenters. The maximum atomic E-state index is 9.36. The van der Waals surface area contributed by atoms with Crippen LogP contribution in [0.5, 0.6) is 0 Å². The normalized spacial score (nSPS) is 8.93. The van der Waals surface area contributed by atoms with Crippen LogP contribution in [0.1, 0.15) is 0 Å². The molecule has 15 heavy (non-hydrogen) atoms. The number of methoxy groups -OCH3 is 1. The molecule has 2 nitrogen and oxygen atoms in total. The van der Waals surface area contributed by atoms with Gasteiger partial charge in [0.2, 0.25) is 0 Å². The molecule has 0 N–H and O–H groups in total. The summed E-state index contributed by atoms with van der Waals surface area (Å²) in [4.78, 5) is 9.36. The zero-order valence-electron chi connectivity index (χ0n) is 8.31. The van der Waals surface area contributed by atoms with E-state index in [-0.39, 0.29) is 0 Å². The Hall–Kier alpha value is -1.54. The monoisotopic (exact) mass is 222 g/mol. The molecule has 0 amide bonds. The highest BCUT2D eigenvalue weighted by Gasteiger charge is 1.85. The van der Waals surface area contributed by atoms with Crippen LogP contribution < -0.4 is 0 Å². The smallest absolute Gasteiger partial charge is 0.403 e. The van der Waals surface area contributed by atoms with Crippen LogP contribution >= 0.6 is 11.6 Å². The second kappa shape index (κ2) is 6.04. The van der Waals surface area contributed by atoms with Gasteiger partial charge in [-0.25, -0.2) is 4.79 Å². The predicted molar refractivity (Wildman–Crippen MR) is 62.2 cm³/mol. The molecular formula is C12H11ClO2. The highest BCUT2D eigenvalue weighted by Crippen LogP contribution is 2.11. The van der Waals surface area contributed by atoms with E-state index in [1.165, 1.54) is 17.9 Å². The number of hydrogen-bond donors (Lipinski definition) is 0. The molecule has 0 radical (unpaired) electrons. The first-order valence-electron chi connectivity index (χ1n) is 4.41. The lowest BCUT2D eigenvalue weighted by atomic mass is 10.1. The summed E-state index contributed by atoms with van der Waals surface area (Å²) in [5.74, 6) is 0. The average molecular weight is 223 g/mol.